The number of carbonyl (C=O) groups excluding carboxylic acids is 2. The highest BCUT2D eigenvalue weighted by atomic mass is 16.5. The molecule has 61 heavy (non-hydrogen) atoms. The van der Waals surface area contributed by atoms with E-state index in [1.165, 1.54) is 18.3 Å². The first-order chi connectivity index (χ1) is 29.4. The molecule has 0 saturated carbocycles. The van der Waals surface area contributed by atoms with Crippen LogP contribution in [0.25, 0.3) is 21.5 Å². The van der Waals surface area contributed by atoms with E-state index in [0.29, 0.717) is 69.7 Å². The van der Waals surface area contributed by atoms with Gasteiger partial charge in [0, 0.05) is 33.4 Å². The van der Waals surface area contributed by atoms with Crippen LogP contribution in [-0.2, 0) is 16.0 Å². The van der Waals surface area contributed by atoms with E-state index in [0.717, 1.165) is 5.75 Å². The third kappa shape index (κ3) is 11.4. The number of aromatic hydroxyl groups is 3. The van der Waals surface area contributed by atoms with Crippen molar-refractivity contribution in [3.05, 3.63) is 145 Å². The van der Waals surface area contributed by atoms with Gasteiger partial charge >= 0.3 is 11.9 Å². The molecule has 7 aromatic rings. The van der Waals surface area contributed by atoms with Crippen molar-refractivity contribution in [3.8, 4) is 46.0 Å². The van der Waals surface area contributed by atoms with Crippen molar-refractivity contribution in [2.75, 3.05) is 19.7 Å². The molecule has 0 saturated heterocycles. The quantitative estimate of drug-likeness (QED) is 0.0525. The number of aliphatic carboxylic acids is 2. The van der Waals surface area contributed by atoms with Crippen molar-refractivity contribution >= 4 is 45.3 Å². The Morgan fingerprint density at radius 2 is 1.08 bits per heavy atom. The number of nitrogens with zero attached hydrogens (tertiary/aromatic N) is 2. The summed E-state index contributed by atoms with van der Waals surface area (Å²) in [6.07, 6.45) is 2.44. The van der Waals surface area contributed by atoms with E-state index in [1.807, 2.05) is 60.7 Å². The fourth-order valence-corrected chi connectivity index (χ4v) is 5.87. The molecule has 7 N–H and O–H groups in total. The lowest BCUT2D eigenvalue weighted by molar-refractivity contribution is -0.136. The summed E-state index contributed by atoms with van der Waals surface area (Å²) in [6.45, 7) is -0.728. The summed E-state index contributed by atoms with van der Waals surface area (Å²) in [5.41, 5.74) is 0.0776. The zero-order chi connectivity index (χ0) is 43.3. The van der Waals surface area contributed by atoms with Crippen LogP contribution in [0, 0.1) is 0 Å². The van der Waals surface area contributed by atoms with Gasteiger partial charge in [0.1, 0.15) is 47.6 Å². The SMILES string of the molecule is O=C(O)CNC(=O)c1nc(CCCOc2ccccc2)c2cc(Oc3ccccc3)ccc2c1O.O=C(O)CNC(=O)c1ncc2cc(Oc3ccc(O)cc3)ccc2c1O. The second-order valence-electron chi connectivity index (χ2n) is 13.1. The molecule has 2 heterocycles. The Balaban J connectivity index is 0.000000213. The van der Waals surface area contributed by atoms with Crippen LogP contribution in [0.3, 0.4) is 0 Å². The number of carbonyl (C=O) groups is 4. The highest BCUT2D eigenvalue weighted by Crippen LogP contribution is 2.35. The monoisotopic (exact) mass is 826 g/mol. The van der Waals surface area contributed by atoms with Crippen LogP contribution in [0.1, 0.15) is 33.1 Å². The Kier molecular flexibility index (Phi) is 13.7. The number of hydrogen-bond donors (Lipinski definition) is 7. The molecule has 310 valence electrons. The molecular weight excluding hydrogens is 789 g/mol. The molecule has 16 nitrogen and oxygen atoms in total. The van der Waals surface area contributed by atoms with Crippen molar-refractivity contribution in [2.45, 2.75) is 12.8 Å². The van der Waals surface area contributed by atoms with Crippen molar-refractivity contribution in [1.82, 2.24) is 20.6 Å². The summed E-state index contributed by atoms with van der Waals surface area (Å²) in [7, 11) is 0. The molecule has 0 radical (unpaired) electrons. The van der Waals surface area contributed by atoms with E-state index < -0.39 is 36.8 Å². The first kappa shape index (κ1) is 42.2. The Morgan fingerprint density at radius 3 is 1.70 bits per heavy atom. The Hall–Kier alpha value is -8.40. The lowest BCUT2D eigenvalue weighted by Gasteiger charge is -2.14. The van der Waals surface area contributed by atoms with Crippen LogP contribution >= 0.6 is 0 Å². The Morgan fingerprint density at radius 1 is 0.557 bits per heavy atom. The summed E-state index contributed by atoms with van der Waals surface area (Å²) < 4.78 is 17.4. The minimum atomic E-state index is -1.20. The van der Waals surface area contributed by atoms with Crippen molar-refractivity contribution in [3.63, 3.8) is 0 Å². The molecule has 0 unspecified atom stereocenters. The third-order valence-corrected chi connectivity index (χ3v) is 8.71. The number of phenols is 1. The first-order valence-corrected chi connectivity index (χ1v) is 18.6. The number of aromatic nitrogens is 2. The van der Waals surface area contributed by atoms with Crippen molar-refractivity contribution in [1.29, 1.82) is 0 Å². The predicted molar refractivity (Wildman–Crippen MR) is 222 cm³/mol. The number of carboxylic acid groups (broad SMARTS) is 2. The zero-order valence-electron chi connectivity index (χ0n) is 32.1. The predicted octanol–water partition coefficient (Wildman–Crippen LogP) is 6.81. The fourth-order valence-electron chi connectivity index (χ4n) is 5.87. The molecule has 0 spiro atoms. The average Bonchev–Trinajstić information content (AvgIpc) is 3.26. The fraction of sp³-hybridized carbons (Fsp3) is 0.111. The lowest BCUT2D eigenvalue weighted by atomic mass is 10.0. The second kappa shape index (κ2) is 19.8. The van der Waals surface area contributed by atoms with Crippen molar-refractivity contribution < 1.29 is 58.9 Å². The molecule has 0 fully saturated rings. The number of carboxylic acids is 2. The maximum absolute atomic E-state index is 12.5. The number of para-hydroxylation sites is 2. The van der Waals surface area contributed by atoms with Gasteiger partial charge in [-0.25, -0.2) is 9.97 Å². The molecule has 5 aromatic carbocycles. The first-order valence-electron chi connectivity index (χ1n) is 18.6. The van der Waals surface area contributed by atoms with Gasteiger partial charge in [-0.2, -0.15) is 0 Å². The van der Waals surface area contributed by atoms with Gasteiger partial charge in [-0.3, -0.25) is 19.2 Å². The highest BCUT2D eigenvalue weighted by Gasteiger charge is 2.21. The van der Waals surface area contributed by atoms with Gasteiger partial charge in [0.15, 0.2) is 22.9 Å². The summed E-state index contributed by atoms with van der Waals surface area (Å²) in [5.74, 6) is -1.52. The number of amides is 2. The van der Waals surface area contributed by atoms with E-state index >= 15 is 0 Å². The molecule has 7 rings (SSSR count). The van der Waals surface area contributed by atoms with E-state index in [1.54, 1.807) is 48.5 Å². The third-order valence-electron chi connectivity index (χ3n) is 8.71. The summed E-state index contributed by atoms with van der Waals surface area (Å²) in [4.78, 5) is 54.1. The van der Waals surface area contributed by atoms with Gasteiger partial charge in [0.25, 0.3) is 11.8 Å². The largest absolute Gasteiger partial charge is 0.508 e. The number of aryl methyl sites for hydroxylation is 1. The molecule has 0 bridgehead atoms. The van der Waals surface area contributed by atoms with Crippen LogP contribution in [0.15, 0.2) is 128 Å². The van der Waals surface area contributed by atoms with Crippen LogP contribution in [0.4, 0.5) is 0 Å². The van der Waals surface area contributed by atoms with Gasteiger partial charge in [-0.1, -0.05) is 36.4 Å². The molecule has 2 amide bonds. The Labute approximate surface area is 347 Å². The number of hydrogen-bond acceptors (Lipinski definition) is 12. The minimum Gasteiger partial charge on any atom is -0.508 e. The average molecular weight is 827 g/mol. The number of benzene rings is 5. The maximum atomic E-state index is 12.5. The maximum Gasteiger partial charge on any atom is 0.322 e. The molecule has 0 atom stereocenters. The number of phenolic OH excluding ortho intramolecular Hbond substituents is 1. The number of nitrogens with one attached hydrogen (secondary N) is 2. The standard InChI is InChI=1S/C27H24N2O6.C18H14N2O6/c30-24(31)17-28-27(33)25-26(32)21-14-13-20(35-19-10-5-2-6-11-19)16-22(21)23(29-25)12-7-15-34-18-8-3-1-4-9-18;21-11-1-3-12(4-2-11)26-13-5-6-14-10(7-13)8-19-16(17(14)24)18(25)20-9-15(22)23/h1-6,8-11,13-14,16,32H,7,12,15,17H2,(H,28,33)(H,30,31);1-8,21,24H,9H2,(H,20,25)(H,22,23). The molecular formula is C45H38N4O12. The van der Waals surface area contributed by atoms with E-state index in [2.05, 4.69) is 20.6 Å². The summed E-state index contributed by atoms with van der Waals surface area (Å²) in [6, 6.07) is 34.8. The molecule has 2 aromatic heterocycles. The molecule has 0 aliphatic carbocycles. The van der Waals surface area contributed by atoms with E-state index in [9.17, 15) is 34.5 Å². The molecule has 16 heteroatoms. The minimum absolute atomic E-state index is 0.124. The van der Waals surface area contributed by atoms with Gasteiger partial charge in [-0.05, 0) is 97.8 Å². The van der Waals surface area contributed by atoms with E-state index in [-0.39, 0.29) is 28.6 Å². The van der Waals surface area contributed by atoms with E-state index in [4.69, 9.17) is 24.4 Å². The van der Waals surface area contributed by atoms with Gasteiger partial charge in [0.05, 0.1) is 6.61 Å². The van der Waals surface area contributed by atoms with Crippen molar-refractivity contribution in [2.24, 2.45) is 0 Å². The van der Waals surface area contributed by atoms with Crippen LogP contribution in [0.5, 0.6) is 46.0 Å². The topological polar surface area (TPSA) is 247 Å². The van der Waals surface area contributed by atoms with Gasteiger partial charge < -0.3 is 50.4 Å². The van der Waals surface area contributed by atoms with Crippen LogP contribution in [-0.4, -0.2) is 78.9 Å². The molecule has 0 aliphatic rings. The van der Waals surface area contributed by atoms with Crippen LogP contribution in [0.2, 0.25) is 0 Å². The van der Waals surface area contributed by atoms with Gasteiger partial charge in [-0.15, -0.1) is 0 Å². The van der Waals surface area contributed by atoms with Gasteiger partial charge in [0.2, 0.25) is 0 Å². The number of pyridine rings is 2. The van der Waals surface area contributed by atoms with Crippen LogP contribution < -0.4 is 24.8 Å². The smallest absolute Gasteiger partial charge is 0.322 e. The summed E-state index contributed by atoms with van der Waals surface area (Å²) in [5, 5.41) is 54.1. The Bertz CT molecular complexity index is 2680. The number of rotatable bonds is 15. The highest BCUT2D eigenvalue weighted by molar-refractivity contribution is 6.04. The second-order valence-corrected chi connectivity index (χ2v) is 13.1. The number of fused-ring (bicyclic) bond motifs is 2. The number of ether oxygens (including phenoxy) is 3. The lowest BCUT2D eigenvalue weighted by Crippen LogP contribution is -2.30. The normalized spacial score (nSPS) is 10.6. The molecule has 0 aliphatic heterocycles. The summed E-state index contributed by atoms with van der Waals surface area (Å²) >= 11 is 0. The zero-order valence-corrected chi connectivity index (χ0v) is 32.1.